The summed E-state index contributed by atoms with van der Waals surface area (Å²) in [4.78, 5) is 10.4. The molecule has 0 N–H and O–H groups in total. The quantitative estimate of drug-likeness (QED) is 0.195. The van der Waals surface area contributed by atoms with Crippen LogP contribution in [-0.4, -0.2) is 14.5 Å². The van der Waals surface area contributed by atoms with Crippen molar-refractivity contribution in [1.29, 1.82) is 0 Å². The standard InChI is InChI=1S/C46H31N3/c1-2-15-33(16-3-1)40-29-41(48-46(47-40)39-23-11-17-30-12-4-7-20-36(30)39)34-18-10-19-35(28-34)49-42-26-24-31-13-5-8-21-37(31)44(42)45-38-22-9-6-14-32(38)25-27-43(45)49/h1-18,20-29,35H,19H2. The van der Waals surface area contributed by atoms with Crippen molar-refractivity contribution in [3.05, 3.63) is 176 Å². The maximum absolute atomic E-state index is 5.29. The summed E-state index contributed by atoms with van der Waals surface area (Å²) < 4.78 is 2.55. The lowest BCUT2D eigenvalue weighted by atomic mass is 9.98. The van der Waals surface area contributed by atoms with E-state index in [0.717, 1.165) is 45.7 Å². The second-order valence-corrected chi connectivity index (χ2v) is 12.9. The number of hydrogen-bond donors (Lipinski definition) is 0. The molecule has 2 heterocycles. The minimum Gasteiger partial charge on any atom is -0.333 e. The summed E-state index contributed by atoms with van der Waals surface area (Å²) in [7, 11) is 0. The van der Waals surface area contributed by atoms with Crippen molar-refractivity contribution in [3.63, 3.8) is 0 Å². The Kier molecular flexibility index (Phi) is 6.31. The van der Waals surface area contributed by atoms with Crippen LogP contribution in [0, 0.1) is 0 Å². The molecule has 0 aliphatic heterocycles. The summed E-state index contributed by atoms with van der Waals surface area (Å²) in [6, 6.07) is 54.3. The summed E-state index contributed by atoms with van der Waals surface area (Å²) in [6.07, 6.45) is 7.85. The Morgan fingerprint density at radius 2 is 1.08 bits per heavy atom. The van der Waals surface area contributed by atoms with E-state index in [1.807, 2.05) is 6.07 Å². The Morgan fingerprint density at radius 1 is 0.510 bits per heavy atom. The second kappa shape index (κ2) is 11.1. The molecule has 0 saturated carbocycles. The molecule has 10 rings (SSSR count). The van der Waals surface area contributed by atoms with Crippen LogP contribution in [0.3, 0.4) is 0 Å². The van der Waals surface area contributed by atoms with Gasteiger partial charge >= 0.3 is 0 Å². The van der Waals surface area contributed by atoms with Crippen LogP contribution in [0.1, 0.15) is 18.2 Å². The second-order valence-electron chi connectivity index (χ2n) is 12.9. The van der Waals surface area contributed by atoms with Gasteiger partial charge in [-0.15, -0.1) is 0 Å². The minimum absolute atomic E-state index is 0.110. The van der Waals surface area contributed by atoms with Crippen molar-refractivity contribution in [2.75, 3.05) is 0 Å². The van der Waals surface area contributed by atoms with Crippen molar-refractivity contribution in [1.82, 2.24) is 14.5 Å². The third-order valence-electron chi connectivity index (χ3n) is 10.1. The molecule has 1 aliphatic carbocycles. The van der Waals surface area contributed by atoms with Crippen LogP contribution in [0.15, 0.2) is 170 Å². The Bertz CT molecular complexity index is 2710. The zero-order valence-corrected chi connectivity index (χ0v) is 26.8. The lowest BCUT2D eigenvalue weighted by molar-refractivity contribution is 0.650. The van der Waals surface area contributed by atoms with E-state index < -0.39 is 0 Å². The first-order valence-corrected chi connectivity index (χ1v) is 16.9. The molecule has 2 aromatic heterocycles. The van der Waals surface area contributed by atoms with Gasteiger partial charge in [0.2, 0.25) is 0 Å². The summed E-state index contributed by atoms with van der Waals surface area (Å²) in [5.41, 5.74) is 7.57. The Balaban J connectivity index is 1.20. The Morgan fingerprint density at radius 3 is 1.78 bits per heavy atom. The molecule has 0 amide bonds. The zero-order valence-electron chi connectivity index (χ0n) is 26.8. The molecule has 1 atom stereocenters. The highest BCUT2D eigenvalue weighted by molar-refractivity contribution is 6.28. The smallest absolute Gasteiger partial charge is 0.161 e. The SMILES string of the molecule is C1=CC(c2cc(-c3ccccc3)nc(-c3cccc4ccccc34)n2)=CC(n2c3ccc4ccccc4c3c3c4ccccc4ccc32)C1. The van der Waals surface area contributed by atoms with Gasteiger partial charge in [0, 0.05) is 21.9 Å². The molecule has 230 valence electrons. The molecular formula is C46H31N3. The topological polar surface area (TPSA) is 30.7 Å². The summed E-state index contributed by atoms with van der Waals surface area (Å²) in [5.74, 6) is 0.736. The Labute approximate surface area is 284 Å². The van der Waals surface area contributed by atoms with Gasteiger partial charge in [-0.1, -0.05) is 152 Å². The molecule has 7 aromatic carbocycles. The number of rotatable bonds is 4. The van der Waals surface area contributed by atoms with Crippen molar-refractivity contribution in [2.45, 2.75) is 12.5 Å². The number of allylic oxidation sites excluding steroid dienone is 4. The van der Waals surface area contributed by atoms with E-state index in [-0.39, 0.29) is 6.04 Å². The van der Waals surface area contributed by atoms with Gasteiger partial charge < -0.3 is 4.57 Å². The summed E-state index contributed by atoms with van der Waals surface area (Å²) in [6.45, 7) is 0. The van der Waals surface area contributed by atoms with Crippen LogP contribution in [-0.2, 0) is 0 Å². The molecule has 1 unspecified atom stereocenters. The van der Waals surface area contributed by atoms with E-state index in [1.54, 1.807) is 0 Å². The molecule has 0 saturated heterocycles. The van der Waals surface area contributed by atoms with Crippen molar-refractivity contribution < 1.29 is 0 Å². The molecule has 9 aromatic rings. The van der Waals surface area contributed by atoms with E-state index in [9.17, 15) is 0 Å². The maximum Gasteiger partial charge on any atom is 0.161 e. The average Bonchev–Trinajstić information content (AvgIpc) is 3.53. The van der Waals surface area contributed by atoms with Gasteiger partial charge in [0.1, 0.15) is 0 Å². The van der Waals surface area contributed by atoms with E-state index in [1.165, 1.54) is 48.7 Å². The van der Waals surface area contributed by atoms with Crippen LogP contribution in [0.2, 0.25) is 0 Å². The molecule has 0 fully saturated rings. The fourth-order valence-electron chi connectivity index (χ4n) is 7.84. The van der Waals surface area contributed by atoms with Crippen LogP contribution in [0.25, 0.3) is 82.3 Å². The predicted molar refractivity (Wildman–Crippen MR) is 206 cm³/mol. The monoisotopic (exact) mass is 625 g/mol. The predicted octanol–water partition coefficient (Wildman–Crippen LogP) is 12.0. The van der Waals surface area contributed by atoms with Gasteiger partial charge in [0.15, 0.2) is 5.82 Å². The minimum atomic E-state index is 0.110. The highest BCUT2D eigenvalue weighted by Crippen LogP contribution is 2.42. The summed E-state index contributed by atoms with van der Waals surface area (Å²) >= 11 is 0. The molecule has 49 heavy (non-hydrogen) atoms. The first kappa shape index (κ1) is 27.8. The van der Waals surface area contributed by atoms with Crippen LogP contribution in [0.5, 0.6) is 0 Å². The van der Waals surface area contributed by atoms with Crippen LogP contribution >= 0.6 is 0 Å². The van der Waals surface area contributed by atoms with E-state index in [2.05, 4.69) is 168 Å². The van der Waals surface area contributed by atoms with Crippen LogP contribution in [0.4, 0.5) is 0 Å². The van der Waals surface area contributed by atoms with Gasteiger partial charge in [-0.3, -0.25) is 0 Å². The van der Waals surface area contributed by atoms with Crippen molar-refractivity contribution in [3.8, 4) is 22.6 Å². The van der Waals surface area contributed by atoms with Gasteiger partial charge in [-0.2, -0.15) is 0 Å². The number of nitrogens with zero attached hydrogens (tertiary/aromatic N) is 3. The third-order valence-corrected chi connectivity index (χ3v) is 10.1. The van der Waals surface area contributed by atoms with E-state index in [4.69, 9.17) is 9.97 Å². The van der Waals surface area contributed by atoms with Crippen molar-refractivity contribution >= 4 is 59.7 Å². The average molecular weight is 626 g/mol. The van der Waals surface area contributed by atoms with Gasteiger partial charge in [-0.05, 0) is 62.5 Å². The zero-order chi connectivity index (χ0) is 32.3. The first-order chi connectivity index (χ1) is 24.3. The number of benzene rings is 7. The molecule has 0 bridgehead atoms. The first-order valence-electron chi connectivity index (χ1n) is 16.9. The molecular weight excluding hydrogens is 595 g/mol. The molecule has 3 nitrogen and oxygen atoms in total. The van der Waals surface area contributed by atoms with E-state index in [0.29, 0.717) is 0 Å². The fourth-order valence-corrected chi connectivity index (χ4v) is 7.84. The number of hydrogen-bond acceptors (Lipinski definition) is 2. The molecule has 3 heteroatoms. The lowest BCUT2D eigenvalue weighted by Crippen LogP contribution is -2.09. The van der Waals surface area contributed by atoms with Crippen molar-refractivity contribution in [2.24, 2.45) is 0 Å². The third kappa shape index (κ3) is 4.51. The van der Waals surface area contributed by atoms with E-state index >= 15 is 0 Å². The molecule has 1 aliphatic rings. The normalized spacial score (nSPS) is 14.7. The van der Waals surface area contributed by atoms with Gasteiger partial charge in [-0.25, -0.2) is 9.97 Å². The number of aromatic nitrogens is 3. The molecule has 0 spiro atoms. The lowest BCUT2D eigenvalue weighted by Gasteiger charge is -2.22. The Hall–Kier alpha value is -6.32. The highest BCUT2D eigenvalue weighted by atomic mass is 15.0. The largest absolute Gasteiger partial charge is 0.333 e. The molecule has 0 radical (unpaired) electrons. The summed E-state index contributed by atoms with van der Waals surface area (Å²) in [5, 5.41) is 10.1. The van der Waals surface area contributed by atoms with Crippen LogP contribution < -0.4 is 0 Å². The maximum atomic E-state index is 5.29. The number of fused-ring (bicyclic) bond motifs is 8. The fraction of sp³-hybridized carbons (Fsp3) is 0.0435. The van der Waals surface area contributed by atoms with Gasteiger partial charge in [0.05, 0.1) is 28.5 Å². The highest BCUT2D eigenvalue weighted by Gasteiger charge is 2.23. The van der Waals surface area contributed by atoms with Gasteiger partial charge in [0.25, 0.3) is 0 Å².